The number of amides is 1. The number of rotatable bonds is 6. The Labute approximate surface area is 130 Å². The normalized spacial score (nSPS) is 12.1. The Kier molecular flexibility index (Phi) is 6.21. The second-order valence-electron chi connectivity index (χ2n) is 5.56. The third kappa shape index (κ3) is 5.05. The predicted molar refractivity (Wildman–Crippen MR) is 83.9 cm³/mol. The van der Waals surface area contributed by atoms with Crippen molar-refractivity contribution < 1.29 is 14.3 Å². The number of benzene rings is 1. The molecular formula is C16H22ClNO3. The van der Waals surface area contributed by atoms with Crippen molar-refractivity contribution in [2.45, 2.75) is 40.7 Å². The maximum Gasteiger partial charge on any atom is 0.258 e. The summed E-state index contributed by atoms with van der Waals surface area (Å²) in [6, 6.07) is 3.09. The fraction of sp³-hybridized carbons (Fsp3) is 0.500. The van der Waals surface area contributed by atoms with Gasteiger partial charge >= 0.3 is 0 Å². The summed E-state index contributed by atoms with van der Waals surface area (Å²) in [4.78, 5) is 23.3. The molecule has 1 rings (SSSR count). The molecule has 0 aromatic heterocycles. The molecule has 1 aromatic carbocycles. The number of nitrogens with one attached hydrogen (secondary N) is 1. The number of aryl methyl sites for hydroxylation is 2. The van der Waals surface area contributed by atoms with Crippen molar-refractivity contribution in [3.63, 3.8) is 0 Å². The number of ether oxygens (including phenoxy) is 1. The molecule has 1 N–H and O–H groups in total. The van der Waals surface area contributed by atoms with Crippen LogP contribution in [0.4, 0.5) is 0 Å². The summed E-state index contributed by atoms with van der Waals surface area (Å²) in [5, 5.41) is 3.38. The fourth-order valence-electron chi connectivity index (χ4n) is 2.09. The van der Waals surface area contributed by atoms with E-state index in [0.717, 1.165) is 11.1 Å². The van der Waals surface area contributed by atoms with Gasteiger partial charge in [0.2, 0.25) is 0 Å². The molecular weight excluding hydrogens is 290 g/mol. The summed E-state index contributed by atoms with van der Waals surface area (Å²) in [5.74, 6) is 0.269. The smallest absolute Gasteiger partial charge is 0.258 e. The summed E-state index contributed by atoms with van der Waals surface area (Å²) in [7, 11) is 0. The average molecular weight is 312 g/mol. The van der Waals surface area contributed by atoms with Crippen molar-refractivity contribution in [3.8, 4) is 5.75 Å². The van der Waals surface area contributed by atoms with Gasteiger partial charge in [-0.05, 0) is 49.9 Å². The molecule has 0 saturated carbocycles. The van der Waals surface area contributed by atoms with E-state index in [2.05, 4.69) is 5.32 Å². The van der Waals surface area contributed by atoms with E-state index in [9.17, 15) is 9.59 Å². The lowest BCUT2D eigenvalue weighted by molar-refractivity contribution is -0.129. The van der Waals surface area contributed by atoms with Gasteiger partial charge in [-0.1, -0.05) is 25.4 Å². The number of ketones is 1. The first-order valence-electron chi connectivity index (χ1n) is 6.91. The second kappa shape index (κ2) is 7.46. The lowest BCUT2D eigenvalue weighted by atomic mass is 10.0. The van der Waals surface area contributed by atoms with E-state index in [1.807, 2.05) is 27.7 Å². The van der Waals surface area contributed by atoms with Gasteiger partial charge in [0.15, 0.2) is 12.4 Å². The van der Waals surface area contributed by atoms with Gasteiger partial charge in [0.1, 0.15) is 5.75 Å². The van der Waals surface area contributed by atoms with Crippen LogP contribution < -0.4 is 10.1 Å². The monoisotopic (exact) mass is 311 g/mol. The Morgan fingerprint density at radius 2 is 1.76 bits per heavy atom. The third-order valence-electron chi connectivity index (χ3n) is 3.20. The maximum absolute atomic E-state index is 11.9. The lowest BCUT2D eigenvalue weighted by Gasteiger charge is -2.19. The van der Waals surface area contributed by atoms with Crippen molar-refractivity contribution >= 4 is 23.3 Å². The fourth-order valence-corrected chi connectivity index (χ4v) is 2.20. The summed E-state index contributed by atoms with van der Waals surface area (Å²) >= 11 is 6.08. The molecule has 0 spiro atoms. The van der Waals surface area contributed by atoms with Crippen LogP contribution in [0.2, 0.25) is 5.02 Å². The molecule has 0 aliphatic rings. The number of carbonyl (C=O) groups is 2. The molecule has 21 heavy (non-hydrogen) atoms. The van der Waals surface area contributed by atoms with Gasteiger partial charge in [-0.25, -0.2) is 0 Å². The molecule has 0 radical (unpaired) electrons. The Morgan fingerprint density at radius 3 is 2.19 bits per heavy atom. The molecule has 1 aromatic rings. The topological polar surface area (TPSA) is 55.4 Å². The number of Topliss-reactive ketones (excluding diaryl/α,β-unsaturated/α-hetero) is 1. The van der Waals surface area contributed by atoms with Crippen molar-refractivity contribution in [2.75, 3.05) is 6.61 Å². The molecule has 4 nitrogen and oxygen atoms in total. The average Bonchev–Trinajstić information content (AvgIpc) is 2.38. The minimum absolute atomic E-state index is 0.0477. The first-order valence-corrected chi connectivity index (χ1v) is 7.29. The molecule has 0 saturated heterocycles. The quantitative estimate of drug-likeness (QED) is 0.878. The Hall–Kier alpha value is -1.55. The first-order chi connectivity index (χ1) is 9.72. The van der Waals surface area contributed by atoms with Crippen molar-refractivity contribution in [3.05, 3.63) is 28.3 Å². The van der Waals surface area contributed by atoms with Gasteiger partial charge in [0.05, 0.1) is 6.04 Å². The number of hydrogen-bond acceptors (Lipinski definition) is 3. The van der Waals surface area contributed by atoms with Crippen LogP contribution in [-0.2, 0) is 9.59 Å². The predicted octanol–water partition coefficient (Wildman–Crippen LogP) is 3.07. The Bertz CT molecular complexity index is 517. The van der Waals surface area contributed by atoms with Crippen molar-refractivity contribution in [2.24, 2.45) is 5.92 Å². The van der Waals surface area contributed by atoms with Crippen LogP contribution in [-0.4, -0.2) is 24.3 Å². The van der Waals surface area contributed by atoms with Crippen molar-refractivity contribution in [1.29, 1.82) is 0 Å². The molecule has 0 heterocycles. The van der Waals surface area contributed by atoms with E-state index in [1.54, 1.807) is 12.1 Å². The molecule has 1 unspecified atom stereocenters. The first kappa shape index (κ1) is 17.5. The molecule has 0 aliphatic heterocycles. The number of hydrogen-bond donors (Lipinski definition) is 1. The Morgan fingerprint density at radius 1 is 1.24 bits per heavy atom. The van der Waals surface area contributed by atoms with E-state index >= 15 is 0 Å². The lowest BCUT2D eigenvalue weighted by Crippen LogP contribution is -2.45. The Balaban J connectivity index is 2.63. The summed E-state index contributed by atoms with van der Waals surface area (Å²) in [6.45, 7) is 8.88. The molecule has 1 atom stereocenters. The van der Waals surface area contributed by atoms with Gasteiger partial charge in [0, 0.05) is 5.02 Å². The summed E-state index contributed by atoms with van der Waals surface area (Å²) in [5.41, 5.74) is 1.80. The summed E-state index contributed by atoms with van der Waals surface area (Å²) < 4.78 is 5.46. The highest BCUT2D eigenvalue weighted by Gasteiger charge is 2.20. The molecule has 0 bridgehead atoms. The molecule has 5 heteroatoms. The zero-order valence-electron chi connectivity index (χ0n) is 13.1. The number of carbonyl (C=O) groups excluding carboxylic acids is 2. The molecule has 1 amide bonds. The van der Waals surface area contributed by atoms with Crippen LogP contribution in [0.1, 0.15) is 31.9 Å². The van der Waals surface area contributed by atoms with Crippen molar-refractivity contribution in [1.82, 2.24) is 5.32 Å². The molecule has 0 fully saturated rings. The minimum Gasteiger partial charge on any atom is -0.484 e. The van der Waals surface area contributed by atoms with Crippen LogP contribution in [0.5, 0.6) is 5.75 Å². The number of halogens is 1. The second-order valence-corrected chi connectivity index (χ2v) is 5.94. The van der Waals surface area contributed by atoms with Crippen LogP contribution in [0.3, 0.4) is 0 Å². The minimum atomic E-state index is -0.477. The van der Waals surface area contributed by atoms with Gasteiger partial charge in [-0.2, -0.15) is 0 Å². The van der Waals surface area contributed by atoms with Crippen LogP contribution in [0, 0.1) is 19.8 Å². The highest BCUT2D eigenvalue weighted by atomic mass is 35.5. The van der Waals surface area contributed by atoms with E-state index in [1.165, 1.54) is 6.92 Å². The zero-order chi connectivity index (χ0) is 16.2. The van der Waals surface area contributed by atoms with E-state index in [4.69, 9.17) is 16.3 Å². The SMILES string of the molecule is CC(=O)C(NC(=O)COc1cc(C)c(Cl)c(C)c1)C(C)C. The van der Waals surface area contributed by atoms with Gasteiger partial charge in [-0.3, -0.25) is 9.59 Å². The standard InChI is InChI=1S/C16H22ClNO3/c1-9(2)16(12(5)19)18-14(20)8-21-13-6-10(3)15(17)11(4)7-13/h6-7,9,16H,8H2,1-5H3,(H,18,20). The van der Waals surface area contributed by atoms with Crippen LogP contribution in [0.25, 0.3) is 0 Å². The van der Waals surface area contributed by atoms with Gasteiger partial charge in [-0.15, -0.1) is 0 Å². The van der Waals surface area contributed by atoms with Crippen LogP contribution >= 0.6 is 11.6 Å². The van der Waals surface area contributed by atoms with Gasteiger partial charge in [0.25, 0.3) is 5.91 Å². The maximum atomic E-state index is 11.9. The van der Waals surface area contributed by atoms with E-state index in [0.29, 0.717) is 10.8 Å². The van der Waals surface area contributed by atoms with E-state index < -0.39 is 6.04 Å². The molecule has 116 valence electrons. The van der Waals surface area contributed by atoms with Gasteiger partial charge < -0.3 is 10.1 Å². The molecule has 0 aliphatic carbocycles. The zero-order valence-corrected chi connectivity index (χ0v) is 13.9. The third-order valence-corrected chi connectivity index (χ3v) is 3.80. The highest BCUT2D eigenvalue weighted by Crippen LogP contribution is 2.25. The largest absolute Gasteiger partial charge is 0.484 e. The highest BCUT2D eigenvalue weighted by molar-refractivity contribution is 6.32. The summed E-state index contributed by atoms with van der Waals surface area (Å²) in [6.07, 6.45) is 0. The van der Waals surface area contributed by atoms with Crippen LogP contribution in [0.15, 0.2) is 12.1 Å². The van der Waals surface area contributed by atoms with E-state index in [-0.39, 0.29) is 24.2 Å².